The van der Waals surface area contributed by atoms with Gasteiger partial charge in [-0.15, -0.1) is 0 Å². The van der Waals surface area contributed by atoms with Crippen molar-refractivity contribution in [2.75, 3.05) is 11.9 Å². The summed E-state index contributed by atoms with van der Waals surface area (Å²) in [5.41, 5.74) is 5.75. The van der Waals surface area contributed by atoms with Crippen LogP contribution in [0.4, 0.5) is 14.5 Å². The molecule has 2 fully saturated rings. The highest BCUT2D eigenvalue weighted by Gasteiger charge is 2.46. The number of halogens is 2. The van der Waals surface area contributed by atoms with Crippen LogP contribution in [0.1, 0.15) is 151 Å². The molecule has 4 heterocycles. The predicted molar refractivity (Wildman–Crippen MR) is 257 cm³/mol. The molecule has 364 valence electrons. The Morgan fingerprint density at radius 1 is 0.636 bits per heavy atom. The maximum atomic E-state index is 15.2. The van der Waals surface area contributed by atoms with E-state index in [9.17, 15) is 14.4 Å². The van der Waals surface area contributed by atoms with Gasteiger partial charge in [0.15, 0.2) is 11.6 Å². The zero-order valence-corrected chi connectivity index (χ0v) is 42.3. The summed E-state index contributed by atoms with van der Waals surface area (Å²) in [6.07, 6.45) is 9.22. The topological polar surface area (TPSA) is 110 Å². The molecule has 0 aromatic heterocycles. The number of amides is 1. The first-order chi connectivity index (χ1) is 30.8. The zero-order chi connectivity index (χ0) is 49.6. The number of hydrogen-bond acceptors (Lipinski definition) is 9. The molecule has 2 aromatic rings. The molecule has 2 saturated heterocycles. The second-order valence-electron chi connectivity index (χ2n) is 19.0. The number of anilines is 1. The van der Waals surface area contributed by atoms with Crippen LogP contribution in [0.25, 0.3) is 12.2 Å². The molecule has 4 aliphatic rings. The molecular formula is C54H75F2NO9. The summed E-state index contributed by atoms with van der Waals surface area (Å²) in [5.74, 6) is -4.74. The van der Waals surface area contributed by atoms with E-state index in [0.717, 1.165) is 16.7 Å². The quantitative estimate of drug-likeness (QED) is 0.258. The Morgan fingerprint density at radius 3 is 1.44 bits per heavy atom. The molecule has 12 heteroatoms. The molecule has 0 saturated carbocycles. The number of nitrogens with zero attached hydrogens (tertiary/aromatic N) is 1. The molecule has 1 amide bonds. The van der Waals surface area contributed by atoms with E-state index in [4.69, 9.17) is 28.4 Å². The van der Waals surface area contributed by atoms with E-state index < -0.39 is 53.8 Å². The number of benzene rings is 2. The van der Waals surface area contributed by atoms with E-state index >= 15 is 8.78 Å². The fraction of sp³-hybridized carbons (Fsp3) is 0.574. The molecule has 10 nitrogen and oxygen atoms in total. The first kappa shape index (κ1) is 54.1. The van der Waals surface area contributed by atoms with Gasteiger partial charge in [-0.05, 0) is 122 Å². The van der Waals surface area contributed by atoms with Crippen LogP contribution in [-0.2, 0) is 33.2 Å². The average Bonchev–Trinajstić information content (AvgIpc) is 3.72. The Balaban J connectivity index is 0.000000280. The number of carbonyl (C=O) groups is 3. The van der Waals surface area contributed by atoms with Crippen molar-refractivity contribution >= 4 is 35.7 Å². The fourth-order valence-corrected chi connectivity index (χ4v) is 8.65. The Labute approximate surface area is 392 Å². The highest BCUT2D eigenvalue weighted by Crippen LogP contribution is 2.39. The number of cyclic esters (lactones) is 2. The molecular weight excluding hydrogens is 845 g/mol. The van der Waals surface area contributed by atoms with Gasteiger partial charge in [-0.25, -0.2) is 18.4 Å². The molecule has 0 spiro atoms. The van der Waals surface area contributed by atoms with Crippen molar-refractivity contribution in [2.24, 2.45) is 23.7 Å². The lowest BCUT2D eigenvalue weighted by atomic mass is 9.92. The van der Waals surface area contributed by atoms with Crippen LogP contribution in [0.2, 0.25) is 0 Å². The first-order valence-corrected chi connectivity index (χ1v) is 23.5. The van der Waals surface area contributed by atoms with E-state index in [2.05, 4.69) is 0 Å². The van der Waals surface area contributed by atoms with Crippen LogP contribution in [-0.4, -0.2) is 73.1 Å². The number of rotatable bonds is 1. The van der Waals surface area contributed by atoms with Gasteiger partial charge < -0.3 is 33.3 Å². The van der Waals surface area contributed by atoms with E-state index in [1.54, 1.807) is 46.0 Å². The average molecular weight is 920 g/mol. The van der Waals surface area contributed by atoms with Gasteiger partial charge in [-0.1, -0.05) is 83.5 Å². The van der Waals surface area contributed by atoms with E-state index in [1.807, 2.05) is 120 Å². The molecule has 6 rings (SSSR count). The minimum Gasteiger partial charge on any atom is -0.458 e. The van der Waals surface area contributed by atoms with Crippen molar-refractivity contribution in [3.8, 4) is 0 Å². The standard InChI is InChI=1S/C27H36FNO5.C25H33FO4.C2H6/c1-15-13-22(28)17(3)25-23(33-27(6,7)34-25)11-9-10-20-14-21(29(8)19(5)30)12-16(2)24(20)26(31)32-18(15)4;1-14-11-16(3)22-19(12-14)9-8-10-21-23(30-25(6,7)29-21)17(4)20(26)13-15(2)18(5)28-24(22)27;1-2/h9-10,12-15,17-18,23,25H,11H2,1-8H3;8-9,11-13,15,17-18,21,23H,10H2,1-7H3;1-2H3/b10-9?,22-13+;9-8?,20-13+;/t15-,17?,18+,23?,25?;15-,17?,18+,21?,23?;/m11./s1. The summed E-state index contributed by atoms with van der Waals surface area (Å²) in [7, 11) is 1.69. The summed E-state index contributed by atoms with van der Waals surface area (Å²) >= 11 is 0. The lowest BCUT2D eigenvalue weighted by Gasteiger charge is -2.25. The van der Waals surface area contributed by atoms with Crippen LogP contribution in [0.5, 0.6) is 0 Å². The van der Waals surface area contributed by atoms with Crippen molar-refractivity contribution in [2.45, 2.75) is 172 Å². The van der Waals surface area contributed by atoms with Crippen molar-refractivity contribution in [1.82, 2.24) is 0 Å². The number of carbonyl (C=O) groups excluding carboxylic acids is 3. The molecule has 0 N–H and O–H groups in total. The van der Waals surface area contributed by atoms with Gasteiger partial charge in [0.05, 0.1) is 35.5 Å². The van der Waals surface area contributed by atoms with Gasteiger partial charge in [-0.3, -0.25) is 4.79 Å². The number of hydrogen-bond donors (Lipinski definition) is 0. The molecule has 2 aromatic carbocycles. The normalized spacial score (nSPS) is 31.3. The second-order valence-corrected chi connectivity index (χ2v) is 19.0. The SMILES string of the molecule is CC.CC(=O)N(C)c1cc(C)c2c(c1)C=CCC1OC(C)(C)OC1C(C)/C(F)=C\[C@@H](C)[C@H](C)OC2=O.Cc1cc(C)c2c(c1)C=CCC1OC(C)(C)OC1C(C)/C(F)=C\[C@@H](C)[C@H](C)OC2=O. The Bertz CT molecular complexity index is 2190. The monoisotopic (exact) mass is 920 g/mol. The molecule has 66 heavy (non-hydrogen) atoms. The molecule has 0 radical (unpaired) electrons. The third kappa shape index (κ3) is 13.4. The predicted octanol–water partition coefficient (Wildman–Crippen LogP) is 12.5. The second kappa shape index (κ2) is 22.5. The Morgan fingerprint density at radius 2 is 1.03 bits per heavy atom. The van der Waals surface area contributed by atoms with Gasteiger partial charge in [0.1, 0.15) is 23.9 Å². The van der Waals surface area contributed by atoms with Gasteiger partial charge in [-0.2, -0.15) is 0 Å². The van der Waals surface area contributed by atoms with Crippen molar-refractivity contribution in [1.29, 1.82) is 0 Å². The molecule has 6 unspecified atom stereocenters. The Hall–Kier alpha value is -4.49. The summed E-state index contributed by atoms with van der Waals surface area (Å²) in [6, 6.07) is 7.55. The Kier molecular flexibility index (Phi) is 18.5. The lowest BCUT2D eigenvalue weighted by Crippen LogP contribution is -2.30. The maximum Gasteiger partial charge on any atom is 0.339 e. The number of esters is 2. The first-order valence-electron chi connectivity index (χ1n) is 23.5. The summed E-state index contributed by atoms with van der Waals surface area (Å²) in [4.78, 5) is 39.6. The number of ether oxygens (including phenoxy) is 6. The van der Waals surface area contributed by atoms with Crippen LogP contribution < -0.4 is 4.90 Å². The summed E-state index contributed by atoms with van der Waals surface area (Å²) < 4.78 is 66.0. The molecule has 0 aliphatic carbocycles. The number of fused-ring (bicyclic) bond motifs is 4. The van der Waals surface area contributed by atoms with Gasteiger partial charge >= 0.3 is 11.9 Å². The van der Waals surface area contributed by atoms with E-state index in [1.165, 1.54) is 17.9 Å². The molecule has 10 atom stereocenters. The highest BCUT2D eigenvalue weighted by molar-refractivity contribution is 5.98. The van der Waals surface area contributed by atoms with Crippen LogP contribution in [0, 0.1) is 44.4 Å². The van der Waals surface area contributed by atoms with Crippen LogP contribution in [0.3, 0.4) is 0 Å². The third-order valence-corrected chi connectivity index (χ3v) is 12.7. The third-order valence-electron chi connectivity index (χ3n) is 12.7. The van der Waals surface area contributed by atoms with E-state index in [0.29, 0.717) is 40.8 Å². The summed E-state index contributed by atoms with van der Waals surface area (Å²) in [6.45, 7) is 29.4. The molecule has 0 bridgehead atoms. The zero-order valence-electron chi connectivity index (χ0n) is 42.3. The minimum absolute atomic E-state index is 0.112. The van der Waals surface area contributed by atoms with Crippen LogP contribution >= 0.6 is 0 Å². The molecule has 4 aliphatic heterocycles. The van der Waals surface area contributed by atoms with Crippen molar-refractivity contribution < 1.29 is 51.6 Å². The van der Waals surface area contributed by atoms with Crippen LogP contribution in [0.15, 0.2) is 60.2 Å². The highest BCUT2D eigenvalue weighted by atomic mass is 19.1. The van der Waals surface area contributed by atoms with Gasteiger partial charge in [0.2, 0.25) is 5.91 Å². The smallest absolute Gasteiger partial charge is 0.339 e. The number of aryl methyl sites for hydroxylation is 3. The minimum atomic E-state index is -0.824. The van der Waals surface area contributed by atoms with Gasteiger partial charge in [0.25, 0.3) is 0 Å². The lowest BCUT2D eigenvalue weighted by molar-refractivity contribution is -0.149. The van der Waals surface area contributed by atoms with Gasteiger partial charge in [0, 0.05) is 43.3 Å². The summed E-state index contributed by atoms with van der Waals surface area (Å²) in [5, 5.41) is 0. The van der Waals surface area contributed by atoms with Crippen molar-refractivity contribution in [3.63, 3.8) is 0 Å². The largest absolute Gasteiger partial charge is 0.458 e. The van der Waals surface area contributed by atoms with Crippen molar-refractivity contribution in [3.05, 3.63) is 99.2 Å². The fourth-order valence-electron chi connectivity index (χ4n) is 8.65. The van der Waals surface area contributed by atoms with E-state index in [-0.39, 0.29) is 47.6 Å². The maximum absolute atomic E-state index is 15.2.